The third-order valence-corrected chi connectivity index (χ3v) is 2.43. The van der Waals surface area contributed by atoms with E-state index in [1.807, 2.05) is 7.05 Å². The third-order valence-electron chi connectivity index (χ3n) is 1.20. The Kier molecular flexibility index (Phi) is 2.34. The SMILES string of the molecule is CNC1NC(C#N)CS1. The lowest BCUT2D eigenvalue weighted by Crippen LogP contribution is -2.36. The van der Waals surface area contributed by atoms with Gasteiger partial charge in [0, 0.05) is 5.75 Å². The highest BCUT2D eigenvalue weighted by atomic mass is 32.2. The summed E-state index contributed by atoms with van der Waals surface area (Å²) in [6.07, 6.45) is 0. The maximum Gasteiger partial charge on any atom is 0.106 e. The summed E-state index contributed by atoms with van der Waals surface area (Å²) >= 11 is 1.73. The van der Waals surface area contributed by atoms with Crippen LogP contribution in [0.15, 0.2) is 0 Å². The van der Waals surface area contributed by atoms with Gasteiger partial charge in [-0.15, -0.1) is 11.8 Å². The fraction of sp³-hybridized carbons (Fsp3) is 0.800. The average Bonchev–Trinajstić information content (AvgIpc) is 2.34. The highest BCUT2D eigenvalue weighted by molar-refractivity contribution is 8.00. The number of thioether (sulfide) groups is 1. The zero-order chi connectivity index (χ0) is 6.69. The maximum absolute atomic E-state index is 8.43. The Labute approximate surface area is 58.8 Å². The van der Waals surface area contributed by atoms with Gasteiger partial charge in [0.05, 0.1) is 6.07 Å². The molecule has 0 aromatic carbocycles. The van der Waals surface area contributed by atoms with Crippen molar-refractivity contribution in [3.63, 3.8) is 0 Å². The predicted molar refractivity (Wildman–Crippen MR) is 37.8 cm³/mol. The lowest BCUT2D eigenvalue weighted by molar-refractivity contribution is 0.591. The van der Waals surface area contributed by atoms with E-state index in [0.29, 0.717) is 0 Å². The molecule has 1 aliphatic heterocycles. The Hall–Kier alpha value is -0.240. The Balaban J connectivity index is 2.31. The fourth-order valence-corrected chi connectivity index (χ4v) is 1.70. The largest absolute Gasteiger partial charge is 0.296 e. The van der Waals surface area contributed by atoms with Crippen molar-refractivity contribution in [2.45, 2.75) is 11.5 Å². The first-order chi connectivity index (χ1) is 4.36. The van der Waals surface area contributed by atoms with Crippen LogP contribution in [0.1, 0.15) is 0 Å². The monoisotopic (exact) mass is 143 g/mol. The van der Waals surface area contributed by atoms with E-state index in [1.54, 1.807) is 11.8 Å². The number of nitrogens with zero attached hydrogens (tertiary/aromatic N) is 1. The van der Waals surface area contributed by atoms with Gasteiger partial charge in [0.25, 0.3) is 0 Å². The van der Waals surface area contributed by atoms with Crippen molar-refractivity contribution in [1.82, 2.24) is 10.6 Å². The summed E-state index contributed by atoms with van der Waals surface area (Å²) in [6, 6.07) is 2.19. The summed E-state index contributed by atoms with van der Waals surface area (Å²) in [5.41, 5.74) is 0.273. The smallest absolute Gasteiger partial charge is 0.106 e. The minimum Gasteiger partial charge on any atom is -0.296 e. The molecule has 0 aromatic rings. The van der Waals surface area contributed by atoms with Gasteiger partial charge in [-0.1, -0.05) is 0 Å². The van der Waals surface area contributed by atoms with Crippen LogP contribution in [0.2, 0.25) is 0 Å². The van der Waals surface area contributed by atoms with Gasteiger partial charge in [-0.25, -0.2) is 0 Å². The van der Waals surface area contributed by atoms with Crippen LogP contribution in [0.4, 0.5) is 0 Å². The third kappa shape index (κ3) is 1.58. The summed E-state index contributed by atoms with van der Waals surface area (Å²) in [5, 5.41) is 14.5. The van der Waals surface area contributed by atoms with Crippen LogP contribution in [-0.4, -0.2) is 24.3 Å². The minimum atomic E-state index is 0.0347. The minimum absolute atomic E-state index is 0.0347. The predicted octanol–water partition coefficient (Wildman–Crippen LogP) is -0.282. The normalized spacial score (nSPS) is 34.2. The van der Waals surface area contributed by atoms with E-state index in [2.05, 4.69) is 16.7 Å². The molecule has 2 unspecified atom stereocenters. The van der Waals surface area contributed by atoms with Crippen LogP contribution in [0.3, 0.4) is 0 Å². The molecule has 0 amide bonds. The van der Waals surface area contributed by atoms with Crippen molar-refractivity contribution >= 4 is 11.8 Å². The highest BCUT2D eigenvalue weighted by Crippen LogP contribution is 2.14. The zero-order valence-corrected chi connectivity index (χ0v) is 6.03. The first-order valence-electron chi connectivity index (χ1n) is 2.81. The van der Waals surface area contributed by atoms with Crippen molar-refractivity contribution < 1.29 is 0 Å². The van der Waals surface area contributed by atoms with E-state index in [1.165, 1.54) is 0 Å². The topological polar surface area (TPSA) is 47.8 Å². The van der Waals surface area contributed by atoms with Crippen molar-refractivity contribution in [3.8, 4) is 6.07 Å². The lowest BCUT2D eigenvalue weighted by atomic mass is 10.4. The summed E-state index contributed by atoms with van der Waals surface area (Å²) < 4.78 is 0. The number of rotatable bonds is 1. The van der Waals surface area contributed by atoms with Crippen LogP contribution in [0, 0.1) is 11.3 Å². The van der Waals surface area contributed by atoms with E-state index in [9.17, 15) is 0 Å². The van der Waals surface area contributed by atoms with Gasteiger partial charge < -0.3 is 0 Å². The molecular weight excluding hydrogens is 134 g/mol. The molecule has 1 rings (SSSR count). The van der Waals surface area contributed by atoms with Gasteiger partial charge in [0.15, 0.2) is 0 Å². The molecule has 9 heavy (non-hydrogen) atoms. The number of hydrogen-bond donors (Lipinski definition) is 2. The number of nitriles is 1. The Morgan fingerprint density at radius 1 is 1.89 bits per heavy atom. The molecule has 1 saturated heterocycles. The van der Waals surface area contributed by atoms with Gasteiger partial charge >= 0.3 is 0 Å². The second-order valence-electron chi connectivity index (χ2n) is 1.85. The van der Waals surface area contributed by atoms with E-state index in [4.69, 9.17) is 5.26 Å². The molecule has 2 atom stereocenters. The van der Waals surface area contributed by atoms with Gasteiger partial charge in [-0.2, -0.15) is 5.26 Å². The molecule has 0 aromatic heterocycles. The number of nitrogens with one attached hydrogen (secondary N) is 2. The van der Waals surface area contributed by atoms with Crippen molar-refractivity contribution in [1.29, 1.82) is 5.26 Å². The maximum atomic E-state index is 8.43. The molecule has 1 heterocycles. The number of hydrogen-bond acceptors (Lipinski definition) is 4. The molecule has 0 radical (unpaired) electrons. The quantitative estimate of drug-likeness (QED) is 0.530. The van der Waals surface area contributed by atoms with Crippen LogP contribution in [0.5, 0.6) is 0 Å². The fourth-order valence-electron chi connectivity index (χ4n) is 0.713. The molecule has 0 saturated carbocycles. The first-order valence-corrected chi connectivity index (χ1v) is 3.86. The van der Waals surface area contributed by atoms with E-state index >= 15 is 0 Å². The summed E-state index contributed by atoms with van der Waals surface area (Å²) in [5.74, 6) is 0.891. The van der Waals surface area contributed by atoms with Crippen LogP contribution in [-0.2, 0) is 0 Å². The molecule has 1 aliphatic rings. The standard InChI is InChI=1S/C5H9N3S/c1-7-5-8-4(2-6)3-9-5/h4-5,7-8H,3H2,1H3. The van der Waals surface area contributed by atoms with E-state index < -0.39 is 0 Å². The first kappa shape index (κ1) is 6.87. The molecule has 1 fully saturated rings. The molecule has 4 heteroatoms. The Morgan fingerprint density at radius 2 is 2.67 bits per heavy atom. The summed E-state index contributed by atoms with van der Waals surface area (Å²) in [7, 11) is 1.88. The van der Waals surface area contributed by atoms with Crippen LogP contribution < -0.4 is 10.6 Å². The molecule has 50 valence electrons. The molecule has 0 spiro atoms. The van der Waals surface area contributed by atoms with Gasteiger partial charge in [-0.3, -0.25) is 10.6 Å². The zero-order valence-electron chi connectivity index (χ0n) is 5.22. The molecule has 0 aliphatic carbocycles. The molecule has 2 N–H and O–H groups in total. The van der Waals surface area contributed by atoms with Gasteiger partial charge in [-0.05, 0) is 7.05 Å². The Morgan fingerprint density at radius 3 is 3.00 bits per heavy atom. The van der Waals surface area contributed by atoms with Crippen molar-refractivity contribution in [2.24, 2.45) is 0 Å². The van der Waals surface area contributed by atoms with Crippen molar-refractivity contribution in [2.75, 3.05) is 12.8 Å². The second kappa shape index (κ2) is 3.06. The highest BCUT2D eigenvalue weighted by Gasteiger charge is 2.21. The van der Waals surface area contributed by atoms with E-state index in [0.717, 1.165) is 5.75 Å². The van der Waals surface area contributed by atoms with Gasteiger partial charge in [0.1, 0.15) is 11.5 Å². The van der Waals surface area contributed by atoms with Gasteiger partial charge in [0.2, 0.25) is 0 Å². The van der Waals surface area contributed by atoms with Crippen molar-refractivity contribution in [3.05, 3.63) is 0 Å². The lowest BCUT2D eigenvalue weighted by Gasteiger charge is -2.05. The molecule has 3 nitrogen and oxygen atoms in total. The van der Waals surface area contributed by atoms with Crippen LogP contribution >= 0.6 is 11.8 Å². The average molecular weight is 143 g/mol. The molecule has 0 bridgehead atoms. The summed E-state index contributed by atoms with van der Waals surface area (Å²) in [4.78, 5) is 0. The Bertz CT molecular complexity index is 131. The summed E-state index contributed by atoms with van der Waals surface area (Å²) in [6.45, 7) is 0. The van der Waals surface area contributed by atoms with E-state index in [-0.39, 0.29) is 11.5 Å². The van der Waals surface area contributed by atoms with Crippen LogP contribution in [0.25, 0.3) is 0 Å². The second-order valence-corrected chi connectivity index (χ2v) is 2.99. The molecular formula is C5H9N3S.